The molecule has 5 rings (SSSR count). The average molecular weight is 258 g/mol. The quantitative estimate of drug-likeness (QED) is 0.666. The first-order valence-corrected chi connectivity index (χ1v) is 8.20. The van der Waals surface area contributed by atoms with E-state index in [0.29, 0.717) is 17.8 Å². The number of Topliss-reactive ketones (excluding diaryl/α,β-unsaturated/α-hetero) is 1. The molecule has 0 aromatic carbocycles. The van der Waals surface area contributed by atoms with Crippen molar-refractivity contribution in [3.05, 3.63) is 11.1 Å². The molecule has 0 N–H and O–H groups in total. The molecule has 1 unspecified atom stereocenters. The lowest BCUT2D eigenvalue weighted by molar-refractivity contribution is -0.115. The van der Waals surface area contributed by atoms with E-state index in [4.69, 9.17) is 4.74 Å². The number of ether oxygens (including phenoxy) is 1. The molecule has 19 heavy (non-hydrogen) atoms. The van der Waals surface area contributed by atoms with Crippen LogP contribution in [-0.2, 0) is 9.53 Å². The highest BCUT2D eigenvalue weighted by molar-refractivity contribution is 6.01. The highest BCUT2D eigenvalue weighted by Crippen LogP contribution is 2.68. The smallest absolute Gasteiger partial charge is 0.159 e. The zero-order valence-corrected chi connectivity index (χ0v) is 11.5. The Morgan fingerprint density at radius 1 is 1.11 bits per heavy atom. The number of allylic oxidation sites excluding steroid dienone is 1. The molecular formula is C17H22O2. The first-order chi connectivity index (χ1) is 9.31. The molecule has 1 aliphatic heterocycles. The summed E-state index contributed by atoms with van der Waals surface area (Å²) in [5, 5.41) is 0. The van der Waals surface area contributed by atoms with Gasteiger partial charge >= 0.3 is 0 Å². The SMILES string of the molecule is O=C1C[C@H]2CO[C@@H]3CC[C@H]4C[C@@H]5CCCCC5=C1C243. The Hall–Kier alpha value is -0.630. The number of hydrogen-bond donors (Lipinski definition) is 0. The van der Waals surface area contributed by atoms with Gasteiger partial charge in [0.2, 0.25) is 0 Å². The van der Waals surface area contributed by atoms with E-state index < -0.39 is 0 Å². The van der Waals surface area contributed by atoms with Crippen LogP contribution in [0.3, 0.4) is 0 Å². The molecule has 2 heteroatoms. The molecule has 0 amide bonds. The fourth-order valence-corrected chi connectivity index (χ4v) is 6.43. The van der Waals surface area contributed by atoms with Crippen LogP contribution in [0.5, 0.6) is 0 Å². The number of ketones is 1. The minimum Gasteiger partial charge on any atom is -0.377 e. The molecule has 0 radical (unpaired) electrons. The highest BCUT2D eigenvalue weighted by atomic mass is 16.5. The van der Waals surface area contributed by atoms with E-state index in [2.05, 4.69) is 0 Å². The van der Waals surface area contributed by atoms with Crippen LogP contribution in [0.1, 0.15) is 51.4 Å². The predicted molar refractivity (Wildman–Crippen MR) is 71.6 cm³/mol. The van der Waals surface area contributed by atoms with Crippen molar-refractivity contribution in [2.24, 2.45) is 23.2 Å². The highest BCUT2D eigenvalue weighted by Gasteiger charge is 2.68. The standard InChI is InChI=1S/C17H22O2/c18-14-8-12-9-19-15-6-5-11-7-10-3-1-2-4-13(10)16(14)17(11,12)15/h10-12,15H,1-9H2/t10-,11-,12-,15+,17?/m0/s1. The summed E-state index contributed by atoms with van der Waals surface area (Å²) >= 11 is 0. The predicted octanol–water partition coefficient (Wildman–Crippen LogP) is 3.26. The molecule has 5 atom stereocenters. The molecule has 2 nitrogen and oxygen atoms in total. The van der Waals surface area contributed by atoms with Gasteiger partial charge in [0.05, 0.1) is 12.7 Å². The van der Waals surface area contributed by atoms with Crippen LogP contribution in [0, 0.1) is 23.2 Å². The Kier molecular flexibility index (Phi) is 2.05. The molecule has 4 fully saturated rings. The second kappa shape index (κ2) is 3.52. The van der Waals surface area contributed by atoms with Gasteiger partial charge in [-0.25, -0.2) is 0 Å². The normalized spacial score (nSPS) is 51.3. The van der Waals surface area contributed by atoms with Gasteiger partial charge in [0, 0.05) is 23.3 Å². The van der Waals surface area contributed by atoms with Crippen molar-refractivity contribution in [3.8, 4) is 0 Å². The monoisotopic (exact) mass is 258 g/mol. The molecule has 0 aromatic heterocycles. The van der Waals surface area contributed by atoms with E-state index in [0.717, 1.165) is 24.9 Å². The Morgan fingerprint density at radius 2 is 2.05 bits per heavy atom. The molecule has 1 heterocycles. The second-order valence-corrected chi connectivity index (χ2v) is 7.43. The summed E-state index contributed by atoms with van der Waals surface area (Å²) in [4.78, 5) is 12.7. The molecule has 4 aliphatic carbocycles. The van der Waals surface area contributed by atoms with Crippen molar-refractivity contribution < 1.29 is 9.53 Å². The topological polar surface area (TPSA) is 26.3 Å². The van der Waals surface area contributed by atoms with Crippen LogP contribution in [-0.4, -0.2) is 18.5 Å². The van der Waals surface area contributed by atoms with Gasteiger partial charge in [-0.05, 0) is 50.4 Å². The van der Waals surface area contributed by atoms with Gasteiger partial charge in [-0.15, -0.1) is 0 Å². The van der Waals surface area contributed by atoms with Crippen molar-refractivity contribution in [2.45, 2.75) is 57.5 Å². The Morgan fingerprint density at radius 3 is 3.00 bits per heavy atom. The van der Waals surface area contributed by atoms with Gasteiger partial charge in [-0.2, -0.15) is 0 Å². The van der Waals surface area contributed by atoms with Gasteiger partial charge in [-0.1, -0.05) is 12.0 Å². The Labute approximate surface area is 114 Å². The number of hydrogen-bond acceptors (Lipinski definition) is 2. The lowest BCUT2D eigenvalue weighted by Crippen LogP contribution is -2.42. The Balaban J connectivity index is 1.76. The van der Waals surface area contributed by atoms with Gasteiger partial charge in [-0.3, -0.25) is 4.79 Å². The van der Waals surface area contributed by atoms with Crippen LogP contribution < -0.4 is 0 Å². The molecule has 5 aliphatic rings. The van der Waals surface area contributed by atoms with E-state index in [1.165, 1.54) is 50.5 Å². The van der Waals surface area contributed by atoms with E-state index in [-0.39, 0.29) is 5.41 Å². The molecule has 0 bridgehead atoms. The fourth-order valence-electron chi connectivity index (χ4n) is 6.43. The Bertz CT molecular complexity index is 491. The molecule has 102 valence electrons. The van der Waals surface area contributed by atoms with E-state index in [1.807, 2.05) is 0 Å². The summed E-state index contributed by atoms with van der Waals surface area (Å²) < 4.78 is 6.11. The summed E-state index contributed by atoms with van der Waals surface area (Å²) in [6.07, 6.45) is 10.3. The van der Waals surface area contributed by atoms with Crippen LogP contribution in [0.2, 0.25) is 0 Å². The maximum Gasteiger partial charge on any atom is 0.159 e. The largest absolute Gasteiger partial charge is 0.377 e. The second-order valence-electron chi connectivity index (χ2n) is 7.43. The first kappa shape index (κ1) is 11.1. The third-order valence-corrected chi connectivity index (χ3v) is 6.94. The molecule has 3 saturated carbocycles. The van der Waals surface area contributed by atoms with Crippen molar-refractivity contribution in [2.75, 3.05) is 6.61 Å². The van der Waals surface area contributed by atoms with Crippen molar-refractivity contribution >= 4 is 5.78 Å². The van der Waals surface area contributed by atoms with Gasteiger partial charge < -0.3 is 4.74 Å². The lowest BCUT2D eigenvalue weighted by Gasteiger charge is -2.45. The van der Waals surface area contributed by atoms with Gasteiger partial charge in [0.25, 0.3) is 0 Å². The van der Waals surface area contributed by atoms with Crippen molar-refractivity contribution in [1.29, 1.82) is 0 Å². The first-order valence-electron chi connectivity index (χ1n) is 8.20. The number of carbonyl (C=O) groups excluding carboxylic acids is 1. The van der Waals surface area contributed by atoms with Crippen LogP contribution in [0.25, 0.3) is 0 Å². The minimum atomic E-state index is 0.195. The third kappa shape index (κ3) is 1.13. The number of carbonyl (C=O) groups is 1. The van der Waals surface area contributed by atoms with E-state index >= 15 is 0 Å². The van der Waals surface area contributed by atoms with Gasteiger partial charge in [0.15, 0.2) is 5.78 Å². The molecule has 1 spiro atoms. The maximum atomic E-state index is 12.7. The molecule has 1 saturated heterocycles. The van der Waals surface area contributed by atoms with E-state index in [1.54, 1.807) is 5.57 Å². The summed E-state index contributed by atoms with van der Waals surface area (Å²) in [6, 6.07) is 0. The molecular weight excluding hydrogens is 236 g/mol. The number of fused-ring (bicyclic) bond motifs is 1. The lowest BCUT2D eigenvalue weighted by atomic mass is 9.57. The fraction of sp³-hybridized carbons (Fsp3) is 0.824. The number of rotatable bonds is 0. The zero-order valence-electron chi connectivity index (χ0n) is 11.5. The minimum absolute atomic E-state index is 0.195. The average Bonchev–Trinajstić information content (AvgIpc) is 3.02. The maximum absolute atomic E-state index is 12.7. The van der Waals surface area contributed by atoms with Gasteiger partial charge in [0.1, 0.15) is 0 Å². The summed E-state index contributed by atoms with van der Waals surface area (Å²) in [6.45, 7) is 0.856. The molecule has 0 aromatic rings. The van der Waals surface area contributed by atoms with Crippen LogP contribution >= 0.6 is 0 Å². The summed E-state index contributed by atoms with van der Waals surface area (Å²) in [7, 11) is 0. The van der Waals surface area contributed by atoms with Crippen LogP contribution in [0.15, 0.2) is 11.1 Å². The van der Waals surface area contributed by atoms with E-state index in [9.17, 15) is 4.79 Å². The van der Waals surface area contributed by atoms with Crippen molar-refractivity contribution in [1.82, 2.24) is 0 Å². The van der Waals surface area contributed by atoms with Crippen molar-refractivity contribution in [3.63, 3.8) is 0 Å². The van der Waals surface area contributed by atoms with Crippen LogP contribution in [0.4, 0.5) is 0 Å². The summed E-state index contributed by atoms with van der Waals surface area (Å²) in [5.41, 5.74) is 3.10. The third-order valence-electron chi connectivity index (χ3n) is 6.94. The zero-order chi connectivity index (χ0) is 12.6. The summed E-state index contributed by atoms with van der Waals surface area (Å²) in [5.74, 6) is 2.55.